The van der Waals surface area contributed by atoms with E-state index in [4.69, 9.17) is 10.7 Å². The van der Waals surface area contributed by atoms with Crippen molar-refractivity contribution in [3.8, 4) is 0 Å². The normalized spacial score (nSPS) is 13.1. The van der Waals surface area contributed by atoms with Gasteiger partial charge in [-0.25, -0.2) is 0 Å². The largest absolute Gasteiger partial charge is 0.326 e. The van der Waals surface area contributed by atoms with Crippen molar-refractivity contribution in [1.29, 1.82) is 0 Å². The van der Waals surface area contributed by atoms with E-state index in [1.54, 1.807) is 0 Å². The lowest BCUT2D eigenvalue weighted by molar-refractivity contribution is 0.953. The molecular weight excluding hydrogens is 316 g/mol. The van der Waals surface area contributed by atoms with Crippen LogP contribution in [-0.4, -0.2) is 5.71 Å². The first-order valence-electron chi connectivity index (χ1n) is 9.30. The van der Waals surface area contributed by atoms with Crippen molar-refractivity contribution in [2.45, 2.75) is 60.9 Å². The Hall–Kier alpha value is -2.19. The molecular formula is C24H34N2. The van der Waals surface area contributed by atoms with Gasteiger partial charge in [0.2, 0.25) is 0 Å². The summed E-state index contributed by atoms with van der Waals surface area (Å²) in [6, 6.07) is 4.21. The van der Waals surface area contributed by atoms with Crippen LogP contribution in [0.3, 0.4) is 0 Å². The minimum absolute atomic E-state index is 0.503. The van der Waals surface area contributed by atoms with Crippen LogP contribution in [0.4, 0.5) is 5.69 Å². The van der Waals surface area contributed by atoms with Gasteiger partial charge in [0.15, 0.2) is 0 Å². The number of allylic oxidation sites excluding steroid dienone is 6. The maximum atomic E-state index is 5.92. The van der Waals surface area contributed by atoms with E-state index < -0.39 is 0 Å². The second-order valence-electron chi connectivity index (χ2n) is 7.02. The van der Waals surface area contributed by atoms with Crippen LogP contribution in [0.1, 0.15) is 64.2 Å². The molecule has 0 atom stereocenters. The lowest BCUT2D eigenvalue weighted by Gasteiger charge is -2.12. The molecule has 0 saturated heterocycles. The van der Waals surface area contributed by atoms with Crippen molar-refractivity contribution in [3.63, 3.8) is 0 Å². The first-order valence-corrected chi connectivity index (χ1v) is 9.30. The number of nitrogens with zero attached hydrogens (tertiary/aromatic N) is 1. The van der Waals surface area contributed by atoms with Crippen molar-refractivity contribution >= 4 is 17.0 Å². The predicted molar refractivity (Wildman–Crippen MR) is 118 cm³/mol. The van der Waals surface area contributed by atoms with E-state index in [0.29, 0.717) is 6.54 Å². The van der Waals surface area contributed by atoms with Crippen molar-refractivity contribution in [1.82, 2.24) is 0 Å². The van der Waals surface area contributed by atoms with E-state index in [9.17, 15) is 0 Å². The summed E-state index contributed by atoms with van der Waals surface area (Å²) < 4.78 is 0. The number of hydrogen-bond donors (Lipinski definition) is 1. The van der Waals surface area contributed by atoms with E-state index >= 15 is 0 Å². The predicted octanol–water partition coefficient (Wildman–Crippen LogP) is 6.83. The van der Waals surface area contributed by atoms with Crippen LogP contribution >= 0.6 is 0 Å². The number of rotatable bonds is 8. The number of hydrogen-bond acceptors (Lipinski definition) is 2. The van der Waals surface area contributed by atoms with Crippen LogP contribution in [0, 0.1) is 6.92 Å². The highest BCUT2D eigenvalue weighted by molar-refractivity contribution is 6.00. The Morgan fingerprint density at radius 1 is 1.15 bits per heavy atom. The smallest absolute Gasteiger partial charge is 0.0671 e. The zero-order valence-corrected chi connectivity index (χ0v) is 17.4. The van der Waals surface area contributed by atoms with Crippen molar-refractivity contribution in [3.05, 3.63) is 70.9 Å². The average molecular weight is 351 g/mol. The van der Waals surface area contributed by atoms with E-state index in [0.717, 1.165) is 57.7 Å². The molecule has 0 aliphatic rings. The maximum Gasteiger partial charge on any atom is 0.0671 e. The second-order valence-corrected chi connectivity index (χ2v) is 7.02. The number of unbranched alkanes of at least 4 members (excludes halogenated alkanes) is 1. The minimum atomic E-state index is 0.503. The molecule has 0 heterocycles. The molecule has 0 radical (unpaired) electrons. The van der Waals surface area contributed by atoms with Crippen LogP contribution in [0.2, 0.25) is 0 Å². The Labute approximate surface area is 159 Å². The van der Waals surface area contributed by atoms with Gasteiger partial charge in [-0.15, -0.1) is 0 Å². The molecule has 0 amide bonds. The zero-order chi connectivity index (χ0) is 19.9. The van der Waals surface area contributed by atoms with Gasteiger partial charge in [-0.3, -0.25) is 4.99 Å². The average Bonchev–Trinajstić information content (AvgIpc) is 2.59. The summed E-state index contributed by atoms with van der Waals surface area (Å²) >= 11 is 0. The lowest BCUT2D eigenvalue weighted by Crippen LogP contribution is -2.01. The summed E-state index contributed by atoms with van der Waals surface area (Å²) in [7, 11) is 0. The van der Waals surface area contributed by atoms with Crippen molar-refractivity contribution in [2.24, 2.45) is 10.7 Å². The van der Waals surface area contributed by atoms with Gasteiger partial charge in [-0.05, 0) is 81.0 Å². The van der Waals surface area contributed by atoms with Crippen LogP contribution in [0.15, 0.2) is 59.2 Å². The molecule has 0 fully saturated rings. The summed E-state index contributed by atoms with van der Waals surface area (Å²) in [5.41, 5.74) is 15.7. The summed E-state index contributed by atoms with van der Waals surface area (Å²) in [4.78, 5) is 4.90. The molecule has 0 saturated carbocycles. The SMILES string of the molecule is C=C(C)C(=C\CCC)/C=C(C)/C(C)=N/c1cc(C(=C)C)cc(CN)c1C. The van der Waals surface area contributed by atoms with Gasteiger partial charge >= 0.3 is 0 Å². The lowest BCUT2D eigenvalue weighted by atomic mass is 9.99. The quantitative estimate of drug-likeness (QED) is 0.405. The number of nitrogens with two attached hydrogens (primary N) is 1. The Kier molecular flexibility index (Phi) is 8.47. The van der Waals surface area contributed by atoms with Gasteiger partial charge in [0.25, 0.3) is 0 Å². The molecule has 1 rings (SSSR count). The molecule has 0 aromatic heterocycles. The maximum absolute atomic E-state index is 5.92. The van der Waals surface area contributed by atoms with E-state index in [1.807, 2.05) is 13.8 Å². The number of aliphatic imine (C=N–C) groups is 1. The van der Waals surface area contributed by atoms with Gasteiger partial charge in [-0.2, -0.15) is 0 Å². The molecule has 0 aliphatic heterocycles. The summed E-state index contributed by atoms with van der Waals surface area (Å²) in [5, 5.41) is 0. The van der Waals surface area contributed by atoms with Crippen LogP contribution in [0.5, 0.6) is 0 Å². The highest BCUT2D eigenvalue weighted by Gasteiger charge is 2.08. The fraction of sp³-hybridized carbons (Fsp3) is 0.375. The Morgan fingerprint density at radius 3 is 2.31 bits per heavy atom. The van der Waals surface area contributed by atoms with E-state index in [-0.39, 0.29) is 0 Å². The molecule has 2 nitrogen and oxygen atoms in total. The zero-order valence-electron chi connectivity index (χ0n) is 17.4. The highest BCUT2D eigenvalue weighted by Crippen LogP contribution is 2.28. The molecule has 1 aromatic carbocycles. The molecule has 140 valence electrons. The third-order valence-corrected chi connectivity index (χ3v) is 4.58. The number of benzene rings is 1. The van der Waals surface area contributed by atoms with Gasteiger partial charge in [-0.1, -0.05) is 49.8 Å². The first-order chi connectivity index (χ1) is 12.2. The van der Waals surface area contributed by atoms with Gasteiger partial charge < -0.3 is 5.73 Å². The van der Waals surface area contributed by atoms with Crippen molar-refractivity contribution in [2.75, 3.05) is 0 Å². The van der Waals surface area contributed by atoms with E-state index in [2.05, 4.69) is 65.1 Å². The third-order valence-electron chi connectivity index (χ3n) is 4.58. The fourth-order valence-electron chi connectivity index (χ4n) is 2.59. The molecule has 0 bridgehead atoms. The summed E-state index contributed by atoms with van der Waals surface area (Å²) in [6.07, 6.45) is 6.62. The monoisotopic (exact) mass is 350 g/mol. The standard InChI is InChI=1S/C24H34N2/c1-9-10-11-21(16(2)3)12-18(6)20(8)26-24-14-22(17(4)5)13-23(15-25)19(24)7/h11-14H,2,4,9-10,15,25H2,1,3,5-8H3/b18-12+,21-11-,26-20+. The van der Waals surface area contributed by atoms with Crippen LogP contribution in [-0.2, 0) is 6.54 Å². The first kappa shape index (κ1) is 21.9. The summed E-state index contributed by atoms with van der Waals surface area (Å²) in [5.74, 6) is 0. The minimum Gasteiger partial charge on any atom is -0.326 e. The van der Waals surface area contributed by atoms with Gasteiger partial charge in [0.1, 0.15) is 0 Å². The van der Waals surface area contributed by atoms with Crippen molar-refractivity contribution < 1.29 is 0 Å². The van der Waals surface area contributed by atoms with Gasteiger partial charge in [0, 0.05) is 12.3 Å². The molecule has 2 heteroatoms. The molecule has 26 heavy (non-hydrogen) atoms. The molecule has 0 spiro atoms. The second kappa shape index (κ2) is 10.1. The van der Waals surface area contributed by atoms with E-state index in [1.165, 1.54) is 5.57 Å². The Balaban J connectivity index is 3.35. The Bertz CT molecular complexity index is 774. The summed E-state index contributed by atoms with van der Waals surface area (Å²) in [6.45, 7) is 21.1. The topological polar surface area (TPSA) is 38.4 Å². The van der Waals surface area contributed by atoms with Crippen LogP contribution < -0.4 is 5.73 Å². The van der Waals surface area contributed by atoms with Crippen LogP contribution in [0.25, 0.3) is 5.57 Å². The highest BCUT2D eigenvalue weighted by atomic mass is 14.7. The molecule has 0 unspecified atom stereocenters. The molecule has 0 aliphatic carbocycles. The fourth-order valence-corrected chi connectivity index (χ4v) is 2.59. The third kappa shape index (κ3) is 5.96. The molecule has 2 N–H and O–H groups in total. The Morgan fingerprint density at radius 2 is 1.81 bits per heavy atom. The van der Waals surface area contributed by atoms with Gasteiger partial charge in [0.05, 0.1) is 5.69 Å². The molecule has 1 aromatic rings.